The van der Waals surface area contributed by atoms with Gasteiger partial charge in [0, 0.05) is 17.3 Å². The van der Waals surface area contributed by atoms with E-state index >= 15 is 0 Å². The van der Waals surface area contributed by atoms with Crippen molar-refractivity contribution >= 4 is 23.0 Å². The van der Waals surface area contributed by atoms with Crippen LogP contribution in [-0.2, 0) is 4.79 Å². The molecule has 1 amide bonds. The van der Waals surface area contributed by atoms with Crippen molar-refractivity contribution in [3.05, 3.63) is 88.5 Å². The molecule has 3 rings (SSSR count). The molecule has 2 N–H and O–H groups in total. The van der Waals surface area contributed by atoms with Crippen LogP contribution in [0.2, 0.25) is 0 Å². The molecular weight excluding hydrogens is 358 g/mol. The number of amides is 1. The molecule has 0 aromatic heterocycles. The zero-order valence-corrected chi connectivity index (χ0v) is 15.2. The molecule has 28 heavy (non-hydrogen) atoms. The van der Waals surface area contributed by atoms with E-state index in [1.807, 2.05) is 36.4 Å². The van der Waals surface area contributed by atoms with Gasteiger partial charge in [-0.1, -0.05) is 36.4 Å². The van der Waals surface area contributed by atoms with Crippen LogP contribution in [0.5, 0.6) is 11.5 Å². The molecule has 142 valence electrons. The second-order valence-corrected chi connectivity index (χ2v) is 6.02. The van der Waals surface area contributed by atoms with E-state index in [2.05, 4.69) is 10.6 Å². The van der Waals surface area contributed by atoms with Crippen molar-refractivity contribution in [1.82, 2.24) is 0 Å². The minimum atomic E-state index is -0.447. The van der Waals surface area contributed by atoms with Crippen LogP contribution in [0.25, 0.3) is 0 Å². The van der Waals surface area contributed by atoms with Gasteiger partial charge in [0.2, 0.25) is 5.91 Å². The molecule has 0 unspecified atom stereocenters. The Kier molecular flexibility index (Phi) is 5.86. The predicted octanol–water partition coefficient (Wildman–Crippen LogP) is 4.75. The molecule has 3 aromatic carbocycles. The lowest BCUT2D eigenvalue weighted by atomic mass is 10.1. The largest absolute Gasteiger partial charge is 0.455 e. The number of anilines is 2. The van der Waals surface area contributed by atoms with Crippen molar-refractivity contribution < 1.29 is 14.5 Å². The van der Waals surface area contributed by atoms with Crippen LogP contribution in [0.4, 0.5) is 17.1 Å². The van der Waals surface area contributed by atoms with E-state index in [9.17, 15) is 14.9 Å². The zero-order valence-electron chi connectivity index (χ0n) is 15.2. The molecule has 0 aliphatic rings. The van der Waals surface area contributed by atoms with Crippen LogP contribution in [0.1, 0.15) is 5.56 Å². The number of rotatable bonds is 7. The lowest BCUT2D eigenvalue weighted by Crippen LogP contribution is -2.22. The molecule has 0 saturated carbocycles. The van der Waals surface area contributed by atoms with Crippen molar-refractivity contribution in [2.75, 3.05) is 17.2 Å². The summed E-state index contributed by atoms with van der Waals surface area (Å²) in [6.45, 7) is 1.60. The molecule has 0 aliphatic heterocycles. The number of hydrogen-bond acceptors (Lipinski definition) is 5. The first-order chi connectivity index (χ1) is 13.5. The number of nitro benzene ring substituents is 1. The Labute approximate surface area is 162 Å². The Morgan fingerprint density at radius 1 is 0.964 bits per heavy atom. The van der Waals surface area contributed by atoms with Crippen LogP contribution >= 0.6 is 0 Å². The first kappa shape index (κ1) is 18.9. The van der Waals surface area contributed by atoms with Crippen molar-refractivity contribution in [3.63, 3.8) is 0 Å². The minimum Gasteiger partial charge on any atom is -0.455 e. The van der Waals surface area contributed by atoms with Gasteiger partial charge in [0.25, 0.3) is 5.69 Å². The summed E-state index contributed by atoms with van der Waals surface area (Å²) in [6.07, 6.45) is 0. The van der Waals surface area contributed by atoms with Crippen LogP contribution in [-0.4, -0.2) is 17.4 Å². The lowest BCUT2D eigenvalue weighted by molar-refractivity contribution is -0.385. The van der Waals surface area contributed by atoms with Gasteiger partial charge < -0.3 is 15.4 Å². The Bertz CT molecular complexity index is 990. The van der Waals surface area contributed by atoms with Crippen LogP contribution in [0, 0.1) is 17.0 Å². The summed E-state index contributed by atoms with van der Waals surface area (Å²) in [5.74, 6) is 0.887. The summed E-state index contributed by atoms with van der Waals surface area (Å²) < 4.78 is 5.82. The third kappa shape index (κ3) is 4.64. The number of para-hydroxylation sites is 3. The average Bonchev–Trinajstić information content (AvgIpc) is 2.69. The number of nitrogens with zero attached hydrogens (tertiary/aromatic N) is 1. The summed E-state index contributed by atoms with van der Waals surface area (Å²) in [5, 5.41) is 16.8. The van der Waals surface area contributed by atoms with Gasteiger partial charge in [-0.3, -0.25) is 14.9 Å². The molecule has 7 heteroatoms. The highest BCUT2D eigenvalue weighted by molar-refractivity contribution is 5.95. The third-order valence-electron chi connectivity index (χ3n) is 4.07. The van der Waals surface area contributed by atoms with E-state index < -0.39 is 4.92 Å². The molecule has 0 atom stereocenters. The SMILES string of the molecule is Cc1c(NCC(=O)Nc2ccccc2Oc2ccccc2)cccc1[N+](=O)[O-]. The smallest absolute Gasteiger partial charge is 0.274 e. The average molecular weight is 377 g/mol. The number of carbonyl (C=O) groups excluding carboxylic acids is 1. The Morgan fingerprint density at radius 2 is 1.64 bits per heavy atom. The second-order valence-electron chi connectivity index (χ2n) is 6.02. The fraction of sp³-hybridized carbons (Fsp3) is 0.0952. The van der Waals surface area contributed by atoms with Crippen molar-refractivity contribution in [1.29, 1.82) is 0 Å². The molecule has 0 aliphatic carbocycles. The highest BCUT2D eigenvalue weighted by Gasteiger charge is 2.14. The van der Waals surface area contributed by atoms with E-state index in [0.29, 0.717) is 28.4 Å². The summed E-state index contributed by atoms with van der Waals surface area (Å²) in [4.78, 5) is 22.9. The molecule has 0 radical (unpaired) electrons. The number of benzene rings is 3. The maximum atomic E-state index is 12.4. The normalized spacial score (nSPS) is 10.2. The molecule has 7 nitrogen and oxygen atoms in total. The van der Waals surface area contributed by atoms with E-state index in [-0.39, 0.29) is 18.1 Å². The van der Waals surface area contributed by atoms with Crippen LogP contribution in [0.15, 0.2) is 72.8 Å². The first-order valence-corrected chi connectivity index (χ1v) is 8.64. The van der Waals surface area contributed by atoms with Crippen LogP contribution < -0.4 is 15.4 Å². The van der Waals surface area contributed by atoms with Crippen LogP contribution in [0.3, 0.4) is 0 Å². The van der Waals surface area contributed by atoms with Gasteiger partial charge >= 0.3 is 0 Å². The standard InChI is InChI=1S/C21H19N3O4/c1-15-17(11-7-12-19(15)24(26)27)22-14-21(25)23-18-10-5-6-13-20(18)28-16-8-3-2-4-9-16/h2-13,22H,14H2,1H3,(H,23,25). The Hall–Kier alpha value is -3.87. The topological polar surface area (TPSA) is 93.5 Å². The van der Waals surface area contributed by atoms with Gasteiger partial charge in [-0.2, -0.15) is 0 Å². The Morgan fingerprint density at radius 3 is 2.39 bits per heavy atom. The fourth-order valence-electron chi connectivity index (χ4n) is 2.66. The van der Waals surface area contributed by atoms with Crippen molar-refractivity contribution in [2.45, 2.75) is 6.92 Å². The Balaban J connectivity index is 1.66. The molecule has 3 aromatic rings. The van der Waals surface area contributed by atoms with E-state index in [4.69, 9.17) is 4.74 Å². The summed E-state index contributed by atoms with van der Waals surface area (Å²) in [6, 6.07) is 21.1. The zero-order chi connectivity index (χ0) is 19.9. The second kappa shape index (κ2) is 8.68. The molecule has 0 spiro atoms. The maximum Gasteiger partial charge on any atom is 0.274 e. The van der Waals surface area contributed by atoms with E-state index in [0.717, 1.165) is 0 Å². The summed E-state index contributed by atoms with van der Waals surface area (Å²) in [7, 11) is 0. The van der Waals surface area contributed by atoms with Gasteiger partial charge in [0.1, 0.15) is 5.75 Å². The fourth-order valence-corrected chi connectivity index (χ4v) is 2.66. The molecular formula is C21H19N3O4. The lowest BCUT2D eigenvalue weighted by Gasteiger charge is -2.13. The monoisotopic (exact) mass is 377 g/mol. The van der Waals surface area contributed by atoms with Crippen molar-refractivity contribution in [3.8, 4) is 11.5 Å². The molecule has 0 saturated heterocycles. The first-order valence-electron chi connectivity index (χ1n) is 8.64. The van der Waals surface area contributed by atoms with Gasteiger partial charge in [-0.05, 0) is 37.3 Å². The molecule has 0 bridgehead atoms. The summed E-state index contributed by atoms with van der Waals surface area (Å²) >= 11 is 0. The van der Waals surface area contributed by atoms with E-state index in [1.54, 1.807) is 37.3 Å². The summed E-state index contributed by atoms with van der Waals surface area (Å²) in [5.41, 5.74) is 1.56. The number of ether oxygens (including phenoxy) is 1. The van der Waals surface area contributed by atoms with E-state index in [1.165, 1.54) is 6.07 Å². The highest BCUT2D eigenvalue weighted by Crippen LogP contribution is 2.29. The van der Waals surface area contributed by atoms with Gasteiger partial charge in [0.15, 0.2) is 5.75 Å². The molecule has 0 heterocycles. The maximum absolute atomic E-state index is 12.4. The van der Waals surface area contributed by atoms with Gasteiger partial charge in [-0.25, -0.2) is 0 Å². The number of carbonyl (C=O) groups is 1. The number of nitro groups is 1. The quantitative estimate of drug-likeness (QED) is 0.458. The molecule has 0 fully saturated rings. The highest BCUT2D eigenvalue weighted by atomic mass is 16.6. The minimum absolute atomic E-state index is 0.00650. The van der Waals surface area contributed by atoms with Gasteiger partial charge in [-0.15, -0.1) is 0 Å². The number of hydrogen-bond donors (Lipinski definition) is 2. The third-order valence-corrected chi connectivity index (χ3v) is 4.07. The van der Waals surface area contributed by atoms with Crippen molar-refractivity contribution in [2.24, 2.45) is 0 Å². The van der Waals surface area contributed by atoms with Gasteiger partial charge in [0.05, 0.1) is 17.2 Å². The predicted molar refractivity (Wildman–Crippen MR) is 108 cm³/mol. The number of nitrogens with one attached hydrogen (secondary N) is 2.